The Morgan fingerprint density at radius 3 is 2.91 bits per heavy atom. The maximum atomic E-state index is 13.3. The molecule has 1 aliphatic heterocycles. The van der Waals surface area contributed by atoms with Crippen LogP contribution in [0.5, 0.6) is 0 Å². The molecule has 1 aliphatic rings. The first-order valence-corrected chi connectivity index (χ1v) is 5.26. The van der Waals surface area contributed by atoms with E-state index in [1.165, 1.54) is 12.2 Å². The molecular formula is C8H16FNS. The largest absolute Gasteiger partial charge is 0.328 e. The van der Waals surface area contributed by atoms with Crippen molar-refractivity contribution in [3.8, 4) is 0 Å². The molecule has 1 nitrogen and oxygen atoms in total. The minimum Gasteiger partial charge on any atom is -0.328 e. The van der Waals surface area contributed by atoms with Crippen molar-refractivity contribution in [3.05, 3.63) is 0 Å². The molecule has 11 heavy (non-hydrogen) atoms. The van der Waals surface area contributed by atoms with Gasteiger partial charge in [-0.2, -0.15) is 11.8 Å². The number of alkyl halides is 1. The maximum Gasteiger partial charge on any atom is 0.120 e. The van der Waals surface area contributed by atoms with E-state index < -0.39 is 5.67 Å². The molecule has 0 aromatic heterocycles. The fourth-order valence-electron chi connectivity index (χ4n) is 1.43. The smallest absolute Gasteiger partial charge is 0.120 e. The molecule has 2 atom stereocenters. The molecule has 0 aromatic rings. The van der Waals surface area contributed by atoms with E-state index in [1.54, 1.807) is 6.92 Å². The molecule has 1 rings (SSSR count). The first kappa shape index (κ1) is 9.33. The summed E-state index contributed by atoms with van der Waals surface area (Å²) < 4.78 is 13.3. The van der Waals surface area contributed by atoms with Crippen LogP contribution < -0.4 is 5.73 Å². The number of halogens is 1. The molecule has 3 heteroatoms. The van der Waals surface area contributed by atoms with Gasteiger partial charge in [0.05, 0.1) is 0 Å². The highest BCUT2D eigenvalue weighted by Gasteiger charge is 2.27. The number of thioether (sulfide) groups is 1. The van der Waals surface area contributed by atoms with Gasteiger partial charge in [-0.15, -0.1) is 0 Å². The predicted octanol–water partition coefficient (Wildman–Crippen LogP) is 1.82. The van der Waals surface area contributed by atoms with Gasteiger partial charge in [0.1, 0.15) is 5.67 Å². The molecule has 0 radical (unpaired) electrons. The lowest BCUT2D eigenvalue weighted by atomic mass is 9.93. The highest BCUT2D eigenvalue weighted by molar-refractivity contribution is 7.99. The number of hydrogen-bond acceptors (Lipinski definition) is 2. The third kappa shape index (κ3) is 2.99. The summed E-state index contributed by atoms with van der Waals surface area (Å²) in [6.07, 6.45) is 1.82. The van der Waals surface area contributed by atoms with Gasteiger partial charge in [-0.05, 0) is 37.2 Å². The Balaban J connectivity index is 2.28. The number of nitrogens with two attached hydrogens (primary N) is 1. The van der Waals surface area contributed by atoms with E-state index in [2.05, 4.69) is 0 Å². The van der Waals surface area contributed by atoms with Gasteiger partial charge in [-0.1, -0.05) is 0 Å². The zero-order valence-corrected chi connectivity index (χ0v) is 7.79. The van der Waals surface area contributed by atoms with E-state index in [-0.39, 0.29) is 6.54 Å². The van der Waals surface area contributed by atoms with Crippen molar-refractivity contribution in [1.29, 1.82) is 0 Å². The Labute approximate surface area is 71.9 Å². The quantitative estimate of drug-likeness (QED) is 0.711. The van der Waals surface area contributed by atoms with Crippen molar-refractivity contribution in [3.63, 3.8) is 0 Å². The zero-order valence-electron chi connectivity index (χ0n) is 6.98. The molecular weight excluding hydrogens is 161 g/mol. The molecule has 2 unspecified atom stereocenters. The summed E-state index contributed by atoms with van der Waals surface area (Å²) in [5, 5.41) is 0. The summed E-state index contributed by atoms with van der Waals surface area (Å²) in [4.78, 5) is 0. The van der Waals surface area contributed by atoms with Crippen LogP contribution in [0.3, 0.4) is 0 Å². The third-order valence-electron chi connectivity index (χ3n) is 2.16. The van der Waals surface area contributed by atoms with Gasteiger partial charge in [0.2, 0.25) is 0 Å². The number of rotatable bonds is 3. The van der Waals surface area contributed by atoms with Crippen molar-refractivity contribution < 1.29 is 4.39 Å². The van der Waals surface area contributed by atoms with Crippen LogP contribution in [-0.4, -0.2) is 23.7 Å². The topological polar surface area (TPSA) is 26.0 Å². The molecule has 2 N–H and O–H groups in total. The molecule has 0 aromatic carbocycles. The van der Waals surface area contributed by atoms with Gasteiger partial charge in [0.25, 0.3) is 0 Å². The highest BCUT2D eigenvalue weighted by atomic mass is 32.2. The average molecular weight is 177 g/mol. The van der Waals surface area contributed by atoms with Crippen molar-refractivity contribution in [2.45, 2.75) is 25.4 Å². The van der Waals surface area contributed by atoms with Gasteiger partial charge in [0, 0.05) is 6.54 Å². The molecule has 0 amide bonds. The molecule has 0 bridgehead atoms. The Bertz CT molecular complexity index is 121. The van der Waals surface area contributed by atoms with Crippen molar-refractivity contribution in [2.24, 2.45) is 11.7 Å². The van der Waals surface area contributed by atoms with E-state index in [4.69, 9.17) is 5.73 Å². The lowest BCUT2D eigenvalue weighted by Gasteiger charge is -2.21. The van der Waals surface area contributed by atoms with Crippen molar-refractivity contribution in [1.82, 2.24) is 0 Å². The summed E-state index contributed by atoms with van der Waals surface area (Å²) in [6, 6.07) is 0. The van der Waals surface area contributed by atoms with Gasteiger partial charge < -0.3 is 5.73 Å². The van der Waals surface area contributed by atoms with E-state index in [9.17, 15) is 4.39 Å². The van der Waals surface area contributed by atoms with Crippen LogP contribution in [0.1, 0.15) is 19.8 Å². The second-order valence-corrected chi connectivity index (χ2v) is 4.70. The molecule has 1 heterocycles. The molecule has 0 spiro atoms. The lowest BCUT2D eigenvalue weighted by molar-refractivity contribution is 0.161. The minimum absolute atomic E-state index is 0.161. The first-order chi connectivity index (χ1) is 5.14. The molecule has 1 fully saturated rings. The Kier molecular flexibility index (Phi) is 3.19. The van der Waals surface area contributed by atoms with Crippen LogP contribution in [0, 0.1) is 5.92 Å². The lowest BCUT2D eigenvalue weighted by Crippen LogP contribution is -2.31. The van der Waals surface area contributed by atoms with Gasteiger partial charge in [-0.25, -0.2) is 4.39 Å². The summed E-state index contributed by atoms with van der Waals surface area (Å²) >= 11 is 1.93. The fourth-order valence-corrected chi connectivity index (χ4v) is 2.71. The highest BCUT2D eigenvalue weighted by Crippen LogP contribution is 2.31. The van der Waals surface area contributed by atoms with Crippen molar-refractivity contribution in [2.75, 3.05) is 18.1 Å². The van der Waals surface area contributed by atoms with E-state index >= 15 is 0 Å². The van der Waals surface area contributed by atoms with Crippen LogP contribution in [0.2, 0.25) is 0 Å². The van der Waals surface area contributed by atoms with E-state index in [0.717, 1.165) is 5.75 Å². The van der Waals surface area contributed by atoms with Crippen molar-refractivity contribution >= 4 is 11.8 Å². The average Bonchev–Trinajstić information content (AvgIpc) is 2.39. The van der Waals surface area contributed by atoms with Crippen LogP contribution in [0.15, 0.2) is 0 Å². The van der Waals surface area contributed by atoms with Crippen LogP contribution in [-0.2, 0) is 0 Å². The summed E-state index contributed by atoms with van der Waals surface area (Å²) in [6.45, 7) is 1.77. The Morgan fingerprint density at radius 2 is 2.45 bits per heavy atom. The summed E-state index contributed by atoms with van der Waals surface area (Å²) in [5.74, 6) is 2.89. The van der Waals surface area contributed by atoms with Crippen LogP contribution >= 0.6 is 11.8 Å². The van der Waals surface area contributed by atoms with Crippen LogP contribution in [0.4, 0.5) is 4.39 Å². The van der Waals surface area contributed by atoms with Gasteiger partial charge in [-0.3, -0.25) is 0 Å². The number of hydrogen-bond donors (Lipinski definition) is 1. The van der Waals surface area contributed by atoms with E-state index in [1.807, 2.05) is 11.8 Å². The first-order valence-electron chi connectivity index (χ1n) is 4.11. The second-order valence-electron chi connectivity index (χ2n) is 3.55. The fraction of sp³-hybridized carbons (Fsp3) is 1.00. The summed E-state index contributed by atoms with van der Waals surface area (Å²) in [5.41, 5.74) is 4.17. The SMILES string of the molecule is CC(F)(CN)CC1CCSC1. The summed E-state index contributed by atoms with van der Waals surface area (Å²) in [7, 11) is 0. The Hall–Kier alpha value is 0.240. The second kappa shape index (κ2) is 3.76. The predicted molar refractivity (Wildman–Crippen MR) is 48.6 cm³/mol. The zero-order chi connectivity index (χ0) is 8.32. The standard InChI is InChI=1S/C8H16FNS/c1-8(9,6-10)4-7-2-3-11-5-7/h7H,2-6,10H2,1H3. The molecule has 0 saturated carbocycles. The molecule has 0 aliphatic carbocycles. The minimum atomic E-state index is -1.13. The van der Waals surface area contributed by atoms with Gasteiger partial charge in [0.15, 0.2) is 0 Å². The third-order valence-corrected chi connectivity index (χ3v) is 3.40. The monoisotopic (exact) mass is 177 g/mol. The molecule has 66 valence electrons. The molecule has 1 saturated heterocycles. The van der Waals surface area contributed by atoms with Crippen LogP contribution in [0.25, 0.3) is 0 Å². The maximum absolute atomic E-state index is 13.3. The normalized spacial score (nSPS) is 30.3. The van der Waals surface area contributed by atoms with Gasteiger partial charge >= 0.3 is 0 Å². The Morgan fingerprint density at radius 1 is 1.73 bits per heavy atom. The van der Waals surface area contributed by atoms with E-state index in [0.29, 0.717) is 12.3 Å².